The molecule has 1 unspecified atom stereocenters. The first kappa shape index (κ1) is 19.5. The lowest BCUT2D eigenvalue weighted by Crippen LogP contribution is -2.48. The molecule has 1 aliphatic carbocycles. The number of carbonyl (C=O) groups is 1. The van der Waals surface area contributed by atoms with E-state index in [1.54, 1.807) is 6.20 Å². The molecule has 32 heavy (non-hydrogen) atoms. The van der Waals surface area contributed by atoms with E-state index in [-0.39, 0.29) is 18.0 Å². The fourth-order valence-corrected chi connectivity index (χ4v) is 5.24. The molecule has 0 aromatic carbocycles. The minimum Gasteiger partial charge on any atom is -0.368 e. The van der Waals surface area contributed by atoms with Crippen molar-refractivity contribution in [2.45, 2.75) is 37.8 Å². The number of nitrogens with zero attached hydrogens (tertiary/aromatic N) is 6. The van der Waals surface area contributed by atoms with Gasteiger partial charge in [0.1, 0.15) is 17.2 Å². The van der Waals surface area contributed by atoms with Crippen molar-refractivity contribution in [3.8, 4) is 0 Å². The van der Waals surface area contributed by atoms with E-state index in [2.05, 4.69) is 48.1 Å². The third kappa shape index (κ3) is 3.37. The highest BCUT2D eigenvalue weighted by molar-refractivity contribution is 5.99. The zero-order valence-corrected chi connectivity index (χ0v) is 18.3. The standard InChI is InChI=1S/C23H28N8O/c1-29-8-10-30(11-9-29)16-6-7-20(24-14-16)27-23-25-13-15-12-19-22(32)26-17-4-2-3-5-18(17)31(19)21(15)28-23/h6-7,12-14,17-18H,2-5,8-11H2,1H3,(H,26,32)(H,24,25,27,28)/t17-,18?/m1/s1. The van der Waals surface area contributed by atoms with Crippen LogP contribution in [0.5, 0.6) is 0 Å². The highest BCUT2D eigenvalue weighted by atomic mass is 16.2. The summed E-state index contributed by atoms with van der Waals surface area (Å²) in [6.07, 6.45) is 8.12. The highest BCUT2D eigenvalue weighted by Crippen LogP contribution is 2.36. The molecule has 2 aliphatic heterocycles. The first-order chi connectivity index (χ1) is 15.7. The van der Waals surface area contributed by atoms with Crippen molar-refractivity contribution in [2.24, 2.45) is 0 Å². The SMILES string of the molecule is CN1CCN(c2ccc(Nc3ncc4cc5n(c4n3)C3CCCC[C@H]3NC5=O)nc2)CC1. The van der Waals surface area contributed by atoms with Gasteiger partial charge in [0, 0.05) is 43.8 Å². The van der Waals surface area contributed by atoms with Gasteiger partial charge in [0.05, 0.1) is 17.9 Å². The monoisotopic (exact) mass is 432 g/mol. The Morgan fingerprint density at radius 1 is 1.06 bits per heavy atom. The molecule has 166 valence electrons. The summed E-state index contributed by atoms with van der Waals surface area (Å²) in [6, 6.07) is 6.42. The summed E-state index contributed by atoms with van der Waals surface area (Å²) < 4.78 is 2.13. The second-order valence-electron chi connectivity index (χ2n) is 9.12. The van der Waals surface area contributed by atoms with Crippen molar-refractivity contribution in [2.75, 3.05) is 43.4 Å². The smallest absolute Gasteiger partial charge is 0.268 e. The summed E-state index contributed by atoms with van der Waals surface area (Å²) in [5.74, 6) is 1.19. The first-order valence-corrected chi connectivity index (χ1v) is 11.5. The van der Waals surface area contributed by atoms with Crippen LogP contribution in [0.1, 0.15) is 42.2 Å². The van der Waals surface area contributed by atoms with Crippen LogP contribution < -0.4 is 15.5 Å². The van der Waals surface area contributed by atoms with Gasteiger partial charge in [-0.2, -0.15) is 4.98 Å². The number of piperazine rings is 1. The molecule has 0 radical (unpaired) electrons. The van der Waals surface area contributed by atoms with Gasteiger partial charge in [0.2, 0.25) is 5.95 Å². The van der Waals surface area contributed by atoms with E-state index < -0.39 is 0 Å². The largest absolute Gasteiger partial charge is 0.368 e. The fourth-order valence-electron chi connectivity index (χ4n) is 5.24. The van der Waals surface area contributed by atoms with Crippen LogP contribution in [-0.2, 0) is 0 Å². The Kier molecular flexibility index (Phi) is 4.71. The average Bonchev–Trinajstić information content (AvgIpc) is 3.20. The Balaban J connectivity index is 1.26. The number of aromatic nitrogens is 4. The molecule has 2 fully saturated rings. The maximum atomic E-state index is 12.7. The van der Waals surface area contributed by atoms with Crippen molar-refractivity contribution in [3.05, 3.63) is 36.3 Å². The van der Waals surface area contributed by atoms with E-state index in [0.717, 1.165) is 62.2 Å². The zero-order valence-electron chi connectivity index (χ0n) is 18.3. The lowest BCUT2D eigenvalue weighted by Gasteiger charge is -2.38. The molecule has 5 heterocycles. The van der Waals surface area contributed by atoms with Crippen LogP contribution >= 0.6 is 0 Å². The van der Waals surface area contributed by atoms with Gasteiger partial charge >= 0.3 is 0 Å². The molecule has 2 N–H and O–H groups in total. The first-order valence-electron chi connectivity index (χ1n) is 11.5. The number of fused-ring (bicyclic) bond motifs is 5. The number of amides is 1. The van der Waals surface area contributed by atoms with Gasteiger partial charge in [-0.3, -0.25) is 4.79 Å². The van der Waals surface area contributed by atoms with Gasteiger partial charge in [-0.05, 0) is 38.1 Å². The number of likely N-dealkylation sites (N-methyl/N-ethyl adjacent to an activating group) is 1. The quantitative estimate of drug-likeness (QED) is 0.657. The molecular formula is C23H28N8O. The second kappa shape index (κ2) is 7.74. The molecule has 3 aromatic heterocycles. The fraction of sp³-hybridized carbons (Fsp3) is 0.478. The minimum atomic E-state index is -0.0122. The number of pyridine rings is 1. The molecule has 6 rings (SSSR count). The van der Waals surface area contributed by atoms with Crippen LogP contribution in [0.25, 0.3) is 11.0 Å². The normalized spacial score (nSPS) is 23.5. The van der Waals surface area contributed by atoms with Crippen LogP contribution in [0.3, 0.4) is 0 Å². The van der Waals surface area contributed by atoms with Crippen LogP contribution in [0.4, 0.5) is 17.5 Å². The van der Waals surface area contributed by atoms with Crippen molar-refractivity contribution >= 4 is 34.4 Å². The number of nitrogens with one attached hydrogen (secondary N) is 2. The van der Waals surface area contributed by atoms with Gasteiger partial charge in [-0.1, -0.05) is 12.8 Å². The van der Waals surface area contributed by atoms with Gasteiger partial charge in [0.15, 0.2) is 0 Å². The van der Waals surface area contributed by atoms with E-state index in [1.807, 2.05) is 18.3 Å². The summed E-state index contributed by atoms with van der Waals surface area (Å²) in [4.78, 5) is 31.2. The molecule has 9 nitrogen and oxygen atoms in total. The molecule has 9 heteroatoms. The molecule has 1 saturated carbocycles. The van der Waals surface area contributed by atoms with Crippen molar-refractivity contribution in [1.82, 2.24) is 29.7 Å². The maximum absolute atomic E-state index is 12.7. The number of anilines is 3. The molecule has 0 spiro atoms. The van der Waals surface area contributed by atoms with Crippen LogP contribution in [0, 0.1) is 0 Å². The van der Waals surface area contributed by atoms with Crippen LogP contribution in [0.2, 0.25) is 0 Å². The minimum absolute atomic E-state index is 0.0122. The Labute approximate surface area is 186 Å². The van der Waals surface area contributed by atoms with Crippen molar-refractivity contribution in [1.29, 1.82) is 0 Å². The third-order valence-electron chi connectivity index (χ3n) is 7.04. The van der Waals surface area contributed by atoms with Crippen LogP contribution in [0.15, 0.2) is 30.6 Å². The number of hydrogen-bond donors (Lipinski definition) is 2. The number of carbonyl (C=O) groups excluding carboxylic acids is 1. The van der Waals surface area contributed by atoms with E-state index in [0.29, 0.717) is 17.5 Å². The van der Waals surface area contributed by atoms with E-state index in [9.17, 15) is 4.79 Å². The Morgan fingerprint density at radius 2 is 1.91 bits per heavy atom. The Bertz CT molecular complexity index is 1150. The second-order valence-corrected chi connectivity index (χ2v) is 9.12. The highest BCUT2D eigenvalue weighted by Gasteiger charge is 2.36. The summed E-state index contributed by atoms with van der Waals surface area (Å²) in [5, 5.41) is 7.32. The van der Waals surface area contributed by atoms with Gasteiger partial charge in [-0.15, -0.1) is 0 Å². The lowest BCUT2D eigenvalue weighted by molar-refractivity contribution is 0.0855. The van der Waals surface area contributed by atoms with Crippen LogP contribution in [-0.4, -0.2) is 69.6 Å². The van der Waals surface area contributed by atoms with Crippen molar-refractivity contribution < 1.29 is 4.79 Å². The predicted octanol–water partition coefficient (Wildman–Crippen LogP) is 2.55. The Morgan fingerprint density at radius 3 is 2.72 bits per heavy atom. The third-order valence-corrected chi connectivity index (χ3v) is 7.04. The van der Waals surface area contributed by atoms with Gasteiger partial charge in [-0.25, -0.2) is 9.97 Å². The zero-order chi connectivity index (χ0) is 21.7. The summed E-state index contributed by atoms with van der Waals surface area (Å²) in [5.41, 5.74) is 2.64. The molecule has 0 bridgehead atoms. The molecule has 1 amide bonds. The molecule has 2 atom stereocenters. The molecule has 3 aromatic rings. The summed E-state index contributed by atoms with van der Waals surface area (Å²) in [7, 11) is 2.16. The molecule has 1 saturated heterocycles. The van der Waals surface area contributed by atoms with E-state index in [1.165, 1.54) is 6.42 Å². The Hall–Kier alpha value is -3.20. The van der Waals surface area contributed by atoms with Crippen molar-refractivity contribution in [3.63, 3.8) is 0 Å². The lowest BCUT2D eigenvalue weighted by atomic mass is 9.88. The predicted molar refractivity (Wildman–Crippen MR) is 124 cm³/mol. The average molecular weight is 433 g/mol. The summed E-state index contributed by atoms with van der Waals surface area (Å²) >= 11 is 0. The van der Waals surface area contributed by atoms with Gasteiger partial charge < -0.3 is 25.0 Å². The molecule has 3 aliphatic rings. The maximum Gasteiger partial charge on any atom is 0.268 e. The van der Waals surface area contributed by atoms with Gasteiger partial charge in [0.25, 0.3) is 5.91 Å². The number of rotatable bonds is 3. The van der Waals surface area contributed by atoms with E-state index in [4.69, 9.17) is 4.98 Å². The topological polar surface area (TPSA) is 91.2 Å². The number of hydrogen-bond acceptors (Lipinski definition) is 7. The summed E-state index contributed by atoms with van der Waals surface area (Å²) in [6.45, 7) is 4.16. The van der Waals surface area contributed by atoms with E-state index >= 15 is 0 Å². The molecular weight excluding hydrogens is 404 g/mol.